The fourth-order valence-corrected chi connectivity index (χ4v) is 1.73. The zero-order chi connectivity index (χ0) is 13.8. The SMILES string of the molecule is CCCCOC(=O)n1nc(C(=O)O)c2ccccc21. The highest BCUT2D eigenvalue weighted by atomic mass is 16.6. The van der Waals surface area contributed by atoms with E-state index in [1.54, 1.807) is 24.3 Å². The first-order chi connectivity index (χ1) is 9.15. The zero-order valence-electron chi connectivity index (χ0n) is 10.5. The predicted molar refractivity (Wildman–Crippen MR) is 68.3 cm³/mol. The maximum atomic E-state index is 11.9. The first kappa shape index (κ1) is 13.1. The van der Waals surface area contributed by atoms with Crippen LogP contribution >= 0.6 is 0 Å². The second-order valence-corrected chi connectivity index (χ2v) is 4.05. The molecule has 1 N–H and O–H groups in total. The van der Waals surface area contributed by atoms with Crippen LogP contribution in [0.5, 0.6) is 0 Å². The maximum absolute atomic E-state index is 11.9. The number of unbranched alkanes of at least 4 members (excludes halogenated alkanes) is 1. The molecule has 0 saturated carbocycles. The van der Waals surface area contributed by atoms with Gasteiger partial charge in [0, 0.05) is 5.39 Å². The summed E-state index contributed by atoms with van der Waals surface area (Å²) in [5.74, 6) is -1.17. The number of aromatic nitrogens is 2. The van der Waals surface area contributed by atoms with Crippen molar-refractivity contribution in [1.82, 2.24) is 9.78 Å². The monoisotopic (exact) mass is 262 g/mol. The number of carboxylic acids is 1. The van der Waals surface area contributed by atoms with Gasteiger partial charge in [-0.15, -0.1) is 0 Å². The number of carboxylic acid groups (broad SMARTS) is 1. The number of benzene rings is 1. The largest absolute Gasteiger partial charge is 0.476 e. The molecule has 2 rings (SSSR count). The van der Waals surface area contributed by atoms with Crippen LogP contribution in [0.25, 0.3) is 10.9 Å². The van der Waals surface area contributed by atoms with Crippen molar-refractivity contribution in [3.63, 3.8) is 0 Å². The highest BCUT2D eigenvalue weighted by Gasteiger charge is 2.20. The number of hydrogen-bond donors (Lipinski definition) is 1. The van der Waals surface area contributed by atoms with Gasteiger partial charge in [-0.2, -0.15) is 9.78 Å². The van der Waals surface area contributed by atoms with E-state index in [1.807, 2.05) is 6.92 Å². The number of hydrogen-bond acceptors (Lipinski definition) is 4. The molecule has 0 aliphatic heterocycles. The zero-order valence-corrected chi connectivity index (χ0v) is 10.5. The number of fused-ring (bicyclic) bond motifs is 1. The molecule has 0 unspecified atom stereocenters. The average Bonchev–Trinajstić information content (AvgIpc) is 2.78. The van der Waals surface area contributed by atoms with Crippen LogP contribution in [0.2, 0.25) is 0 Å². The second kappa shape index (κ2) is 5.51. The Morgan fingerprint density at radius 1 is 1.37 bits per heavy atom. The second-order valence-electron chi connectivity index (χ2n) is 4.05. The van der Waals surface area contributed by atoms with Crippen LogP contribution in [0.4, 0.5) is 4.79 Å². The number of para-hydroxylation sites is 1. The molecule has 1 aromatic heterocycles. The van der Waals surface area contributed by atoms with Crippen LogP contribution in [0.15, 0.2) is 24.3 Å². The Morgan fingerprint density at radius 3 is 2.79 bits per heavy atom. The van der Waals surface area contributed by atoms with E-state index in [4.69, 9.17) is 9.84 Å². The van der Waals surface area contributed by atoms with Gasteiger partial charge in [-0.1, -0.05) is 31.5 Å². The molecule has 0 bridgehead atoms. The molecule has 2 aromatic rings. The predicted octanol–water partition coefficient (Wildman–Crippen LogP) is 2.52. The smallest absolute Gasteiger partial charge is 0.435 e. The molecule has 0 spiro atoms. The normalized spacial score (nSPS) is 10.6. The number of carbonyl (C=O) groups is 2. The number of rotatable bonds is 4. The summed E-state index contributed by atoms with van der Waals surface area (Å²) >= 11 is 0. The third-order valence-corrected chi connectivity index (χ3v) is 2.69. The van der Waals surface area contributed by atoms with Crippen LogP contribution in [0, 0.1) is 0 Å². The highest BCUT2D eigenvalue weighted by Crippen LogP contribution is 2.18. The Morgan fingerprint density at radius 2 is 2.11 bits per heavy atom. The summed E-state index contributed by atoms with van der Waals surface area (Å²) in [4.78, 5) is 22.9. The van der Waals surface area contributed by atoms with Crippen LogP contribution in [-0.4, -0.2) is 33.6 Å². The molecule has 6 heteroatoms. The summed E-state index contributed by atoms with van der Waals surface area (Å²) in [7, 11) is 0. The van der Waals surface area contributed by atoms with E-state index >= 15 is 0 Å². The first-order valence-corrected chi connectivity index (χ1v) is 6.03. The quantitative estimate of drug-likeness (QED) is 0.856. The molecule has 0 saturated heterocycles. The Kier molecular flexibility index (Phi) is 3.79. The summed E-state index contributed by atoms with van der Waals surface area (Å²) in [6, 6.07) is 6.66. The lowest BCUT2D eigenvalue weighted by Crippen LogP contribution is -2.16. The van der Waals surface area contributed by atoms with Gasteiger partial charge in [-0.3, -0.25) is 0 Å². The van der Waals surface area contributed by atoms with Crippen molar-refractivity contribution < 1.29 is 19.4 Å². The van der Waals surface area contributed by atoms with Gasteiger partial charge in [0.05, 0.1) is 12.1 Å². The Bertz CT molecular complexity index is 618. The molecule has 100 valence electrons. The Labute approximate surface area is 109 Å². The molecular weight excluding hydrogens is 248 g/mol. The molecular formula is C13H14N2O4. The minimum absolute atomic E-state index is 0.150. The number of carbonyl (C=O) groups excluding carboxylic acids is 1. The molecule has 0 atom stereocenters. The minimum atomic E-state index is -1.17. The number of nitrogens with zero attached hydrogens (tertiary/aromatic N) is 2. The van der Waals surface area contributed by atoms with E-state index < -0.39 is 12.1 Å². The van der Waals surface area contributed by atoms with Gasteiger partial charge in [0.25, 0.3) is 0 Å². The topological polar surface area (TPSA) is 81.4 Å². The lowest BCUT2D eigenvalue weighted by Gasteiger charge is -2.03. The van der Waals surface area contributed by atoms with Crippen molar-refractivity contribution in [3.05, 3.63) is 30.0 Å². The van der Waals surface area contributed by atoms with Crippen LogP contribution < -0.4 is 0 Å². The lowest BCUT2D eigenvalue weighted by atomic mass is 10.2. The average molecular weight is 262 g/mol. The van der Waals surface area contributed by atoms with Crippen molar-refractivity contribution in [3.8, 4) is 0 Å². The molecule has 6 nitrogen and oxygen atoms in total. The van der Waals surface area contributed by atoms with Crippen molar-refractivity contribution in [1.29, 1.82) is 0 Å². The van der Waals surface area contributed by atoms with E-state index in [0.717, 1.165) is 17.5 Å². The third-order valence-electron chi connectivity index (χ3n) is 2.69. The fraction of sp³-hybridized carbons (Fsp3) is 0.308. The molecule has 0 aliphatic carbocycles. The molecule has 0 fully saturated rings. The standard InChI is InChI=1S/C13H14N2O4/c1-2-3-8-19-13(18)15-10-7-5-4-6-9(10)11(14-15)12(16)17/h4-7H,2-3,8H2,1H3,(H,16,17). The van der Waals surface area contributed by atoms with E-state index in [1.165, 1.54) is 0 Å². The summed E-state index contributed by atoms with van der Waals surface area (Å²) in [5.41, 5.74) is 0.282. The van der Waals surface area contributed by atoms with Crippen molar-refractivity contribution in [2.24, 2.45) is 0 Å². The van der Waals surface area contributed by atoms with E-state index in [2.05, 4.69) is 5.10 Å². The first-order valence-electron chi connectivity index (χ1n) is 6.03. The van der Waals surface area contributed by atoms with E-state index in [0.29, 0.717) is 17.5 Å². The van der Waals surface area contributed by atoms with Gasteiger partial charge in [-0.05, 0) is 12.5 Å². The lowest BCUT2D eigenvalue weighted by molar-refractivity contribution is 0.0691. The van der Waals surface area contributed by atoms with Gasteiger partial charge in [0.2, 0.25) is 0 Å². The van der Waals surface area contributed by atoms with E-state index in [9.17, 15) is 9.59 Å². The van der Waals surface area contributed by atoms with Gasteiger partial charge < -0.3 is 9.84 Å². The van der Waals surface area contributed by atoms with E-state index in [-0.39, 0.29) is 5.69 Å². The molecule has 0 amide bonds. The number of aromatic carboxylic acids is 1. The van der Waals surface area contributed by atoms with Crippen LogP contribution in [-0.2, 0) is 4.74 Å². The highest BCUT2D eigenvalue weighted by molar-refractivity contribution is 6.03. The van der Waals surface area contributed by atoms with Crippen molar-refractivity contribution >= 4 is 23.0 Å². The Balaban J connectivity index is 2.38. The van der Waals surface area contributed by atoms with Gasteiger partial charge in [0.15, 0.2) is 5.69 Å². The van der Waals surface area contributed by atoms with Crippen LogP contribution in [0.1, 0.15) is 30.3 Å². The van der Waals surface area contributed by atoms with Crippen molar-refractivity contribution in [2.45, 2.75) is 19.8 Å². The van der Waals surface area contributed by atoms with Crippen molar-refractivity contribution in [2.75, 3.05) is 6.61 Å². The summed E-state index contributed by atoms with van der Waals surface area (Å²) < 4.78 is 6.03. The third kappa shape index (κ3) is 2.57. The molecule has 0 radical (unpaired) electrons. The van der Waals surface area contributed by atoms with Crippen LogP contribution in [0.3, 0.4) is 0 Å². The minimum Gasteiger partial charge on any atom is -0.476 e. The number of ether oxygens (including phenoxy) is 1. The summed E-state index contributed by atoms with van der Waals surface area (Å²) in [6.45, 7) is 2.28. The summed E-state index contributed by atoms with van der Waals surface area (Å²) in [5, 5.41) is 13.3. The maximum Gasteiger partial charge on any atom is 0.435 e. The Hall–Kier alpha value is -2.37. The molecule has 0 aliphatic rings. The summed E-state index contributed by atoms with van der Waals surface area (Å²) in [6.07, 6.45) is 1.02. The molecule has 1 heterocycles. The fourth-order valence-electron chi connectivity index (χ4n) is 1.73. The van der Waals surface area contributed by atoms with Gasteiger partial charge in [0.1, 0.15) is 0 Å². The molecule has 1 aromatic carbocycles. The van der Waals surface area contributed by atoms with Gasteiger partial charge >= 0.3 is 12.1 Å². The molecule has 19 heavy (non-hydrogen) atoms. The van der Waals surface area contributed by atoms with Gasteiger partial charge in [-0.25, -0.2) is 9.59 Å².